The predicted molar refractivity (Wildman–Crippen MR) is 87.0 cm³/mol. The number of esters is 1. The molecule has 1 fully saturated rings. The number of rotatable bonds is 3. The molecule has 1 saturated carbocycles. The van der Waals surface area contributed by atoms with Crippen molar-refractivity contribution in [2.75, 3.05) is 0 Å². The van der Waals surface area contributed by atoms with Crippen molar-refractivity contribution in [1.29, 1.82) is 0 Å². The van der Waals surface area contributed by atoms with Gasteiger partial charge in [-0.25, -0.2) is 4.79 Å². The van der Waals surface area contributed by atoms with Gasteiger partial charge in [-0.3, -0.25) is 0 Å². The molecule has 124 valence electrons. The Morgan fingerprint density at radius 1 is 1.35 bits per heavy atom. The third kappa shape index (κ3) is 3.13. The van der Waals surface area contributed by atoms with Gasteiger partial charge in [0, 0.05) is 18.8 Å². The average Bonchev–Trinajstić information content (AvgIpc) is 2.51. The van der Waals surface area contributed by atoms with Crippen molar-refractivity contribution >= 4 is 5.97 Å². The molecule has 0 saturated heterocycles. The maximum absolute atomic E-state index is 12.6. The van der Waals surface area contributed by atoms with Crippen LogP contribution in [0, 0.1) is 0 Å². The first kappa shape index (κ1) is 16.1. The van der Waals surface area contributed by atoms with Gasteiger partial charge in [-0.2, -0.15) is 0 Å². The molecule has 2 N–H and O–H groups in total. The molecule has 1 aliphatic heterocycles. The lowest BCUT2D eigenvalue weighted by molar-refractivity contribution is -0.167. The van der Waals surface area contributed by atoms with Crippen molar-refractivity contribution in [3.63, 3.8) is 0 Å². The highest BCUT2D eigenvalue weighted by molar-refractivity contribution is 5.92. The van der Waals surface area contributed by atoms with Crippen LogP contribution in [0.5, 0.6) is 0 Å². The highest BCUT2D eigenvalue weighted by Gasteiger charge is 2.46. The van der Waals surface area contributed by atoms with Gasteiger partial charge in [-0.05, 0) is 31.2 Å². The van der Waals surface area contributed by atoms with E-state index in [0.717, 1.165) is 18.4 Å². The van der Waals surface area contributed by atoms with Crippen LogP contribution in [0.25, 0.3) is 0 Å². The summed E-state index contributed by atoms with van der Waals surface area (Å²) < 4.78 is 5.76. The average molecular weight is 316 g/mol. The minimum Gasteiger partial charge on any atom is -0.512 e. The zero-order valence-corrected chi connectivity index (χ0v) is 13.5. The van der Waals surface area contributed by atoms with Gasteiger partial charge in [0.25, 0.3) is 0 Å². The Bertz CT molecular complexity index is 607. The molecule has 3 rings (SSSR count). The highest BCUT2D eigenvalue weighted by Crippen LogP contribution is 2.43. The SMILES string of the molecule is CCC(C1=C(O)CC2(CCCC(O)C2)OC1=O)c1ccccc1. The van der Waals surface area contributed by atoms with Crippen molar-refractivity contribution in [2.45, 2.75) is 63.1 Å². The molecule has 1 heterocycles. The Balaban J connectivity index is 1.92. The number of carbonyl (C=O) groups is 1. The van der Waals surface area contributed by atoms with Crippen LogP contribution in [-0.2, 0) is 9.53 Å². The highest BCUT2D eigenvalue weighted by atomic mass is 16.6. The van der Waals surface area contributed by atoms with Crippen molar-refractivity contribution in [1.82, 2.24) is 0 Å². The third-order valence-electron chi connectivity index (χ3n) is 5.07. The zero-order chi connectivity index (χ0) is 16.4. The van der Waals surface area contributed by atoms with Gasteiger partial charge in [0.2, 0.25) is 0 Å². The Labute approximate surface area is 136 Å². The van der Waals surface area contributed by atoms with E-state index in [2.05, 4.69) is 0 Å². The van der Waals surface area contributed by atoms with Crippen molar-refractivity contribution < 1.29 is 19.7 Å². The van der Waals surface area contributed by atoms with E-state index in [4.69, 9.17) is 4.74 Å². The maximum atomic E-state index is 12.6. The van der Waals surface area contributed by atoms with Gasteiger partial charge in [0.1, 0.15) is 11.4 Å². The van der Waals surface area contributed by atoms with Crippen molar-refractivity contribution in [3.05, 3.63) is 47.2 Å². The number of aliphatic hydroxyl groups excluding tert-OH is 2. The summed E-state index contributed by atoms with van der Waals surface area (Å²) >= 11 is 0. The van der Waals surface area contributed by atoms with Gasteiger partial charge in [-0.15, -0.1) is 0 Å². The number of hydrogen-bond acceptors (Lipinski definition) is 4. The van der Waals surface area contributed by atoms with E-state index in [9.17, 15) is 15.0 Å². The quantitative estimate of drug-likeness (QED) is 0.836. The summed E-state index contributed by atoms with van der Waals surface area (Å²) in [5.41, 5.74) is 0.662. The second-order valence-electron chi connectivity index (χ2n) is 6.73. The standard InChI is InChI=1S/C19H24O4/c1-2-15(13-7-4-3-5-8-13)17-16(21)12-19(23-18(17)22)10-6-9-14(20)11-19/h3-5,7-8,14-15,20-21H,2,6,9-12H2,1H3. The maximum Gasteiger partial charge on any atom is 0.338 e. The van der Waals surface area contributed by atoms with Crippen LogP contribution in [0.15, 0.2) is 41.7 Å². The smallest absolute Gasteiger partial charge is 0.338 e. The number of carbonyl (C=O) groups excluding carboxylic acids is 1. The van der Waals surface area contributed by atoms with E-state index < -0.39 is 17.7 Å². The molecule has 3 atom stereocenters. The fourth-order valence-corrected chi connectivity index (χ4v) is 3.99. The second kappa shape index (κ2) is 6.36. The molecular formula is C19H24O4. The number of ether oxygens (including phenoxy) is 1. The lowest BCUT2D eigenvalue weighted by atomic mass is 9.76. The third-order valence-corrected chi connectivity index (χ3v) is 5.07. The normalized spacial score (nSPS) is 29.5. The van der Waals surface area contributed by atoms with E-state index in [0.29, 0.717) is 31.3 Å². The molecule has 0 aromatic heterocycles. The molecule has 1 spiro atoms. The zero-order valence-electron chi connectivity index (χ0n) is 13.5. The van der Waals surface area contributed by atoms with Gasteiger partial charge >= 0.3 is 5.97 Å². The van der Waals surface area contributed by atoms with Gasteiger partial charge in [-0.1, -0.05) is 37.3 Å². The van der Waals surface area contributed by atoms with E-state index in [1.807, 2.05) is 37.3 Å². The fourth-order valence-electron chi connectivity index (χ4n) is 3.99. The van der Waals surface area contributed by atoms with Crippen LogP contribution in [0.4, 0.5) is 0 Å². The first-order valence-corrected chi connectivity index (χ1v) is 8.43. The number of hydrogen-bond donors (Lipinski definition) is 2. The van der Waals surface area contributed by atoms with Crippen molar-refractivity contribution in [2.24, 2.45) is 0 Å². The molecule has 4 heteroatoms. The molecule has 23 heavy (non-hydrogen) atoms. The van der Waals surface area contributed by atoms with E-state index in [1.165, 1.54) is 0 Å². The summed E-state index contributed by atoms with van der Waals surface area (Å²) in [6, 6.07) is 9.74. The largest absolute Gasteiger partial charge is 0.512 e. The molecule has 1 aromatic rings. The summed E-state index contributed by atoms with van der Waals surface area (Å²) in [4.78, 5) is 12.6. The van der Waals surface area contributed by atoms with Crippen LogP contribution < -0.4 is 0 Å². The first-order valence-electron chi connectivity index (χ1n) is 8.43. The summed E-state index contributed by atoms with van der Waals surface area (Å²) in [5.74, 6) is -0.459. The molecule has 2 aliphatic rings. The minimum atomic E-state index is -0.725. The minimum absolute atomic E-state index is 0.131. The molecule has 1 aliphatic carbocycles. The molecule has 4 nitrogen and oxygen atoms in total. The van der Waals surface area contributed by atoms with Gasteiger partial charge in [0.05, 0.1) is 11.7 Å². The second-order valence-corrected chi connectivity index (χ2v) is 6.73. The van der Waals surface area contributed by atoms with Gasteiger partial charge < -0.3 is 14.9 Å². The lowest BCUT2D eigenvalue weighted by Gasteiger charge is -2.42. The predicted octanol–water partition coefficient (Wildman–Crippen LogP) is 3.61. The van der Waals surface area contributed by atoms with Crippen LogP contribution in [-0.4, -0.2) is 27.9 Å². The van der Waals surface area contributed by atoms with Crippen molar-refractivity contribution in [3.8, 4) is 0 Å². The molecule has 0 amide bonds. The number of aliphatic hydroxyl groups is 2. The Hall–Kier alpha value is -1.81. The Morgan fingerprint density at radius 2 is 2.09 bits per heavy atom. The molecule has 0 bridgehead atoms. The molecule has 0 radical (unpaired) electrons. The summed E-state index contributed by atoms with van der Waals surface area (Å²) in [5, 5.41) is 20.5. The summed E-state index contributed by atoms with van der Waals surface area (Å²) in [6.45, 7) is 2.00. The first-order chi connectivity index (χ1) is 11.0. The summed E-state index contributed by atoms with van der Waals surface area (Å²) in [6.07, 6.45) is 3.24. The van der Waals surface area contributed by atoms with E-state index >= 15 is 0 Å². The topological polar surface area (TPSA) is 66.8 Å². The van der Waals surface area contributed by atoms with Crippen LogP contribution in [0.2, 0.25) is 0 Å². The van der Waals surface area contributed by atoms with E-state index in [1.54, 1.807) is 0 Å². The molecule has 3 unspecified atom stereocenters. The summed E-state index contributed by atoms with van der Waals surface area (Å²) in [7, 11) is 0. The number of benzene rings is 1. The fraction of sp³-hybridized carbons (Fsp3) is 0.526. The van der Waals surface area contributed by atoms with Crippen LogP contribution >= 0.6 is 0 Å². The van der Waals surface area contributed by atoms with Crippen LogP contribution in [0.3, 0.4) is 0 Å². The Morgan fingerprint density at radius 3 is 2.70 bits per heavy atom. The Kier molecular flexibility index (Phi) is 4.44. The van der Waals surface area contributed by atoms with Crippen LogP contribution in [0.1, 0.15) is 56.9 Å². The molecular weight excluding hydrogens is 292 g/mol. The monoisotopic (exact) mass is 316 g/mol. The van der Waals surface area contributed by atoms with Gasteiger partial charge in [0.15, 0.2) is 0 Å². The lowest BCUT2D eigenvalue weighted by Crippen LogP contribution is -2.45. The van der Waals surface area contributed by atoms with E-state index in [-0.39, 0.29) is 11.7 Å². The molecule has 1 aromatic carbocycles.